The van der Waals surface area contributed by atoms with Gasteiger partial charge >= 0.3 is 0 Å². The monoisotopic (exact) mass is 271 g/mol. The molecule has 0 bridgehead atoms. The van der Waals surface area contributed by atoms with Gasteiger partial charge in [-0.25, -0.2) is 10.3 Å². The van der Waals surface area contributed by atoms with Crippen LogP contribution in [0.5, 0.6) is 0 Å². The molecule has 104 valence electrons. The molecule has 0 aromatic heterocycles. The van der Waals surface area contributed by atoms with Crippen LogP contribution in [0.3, 0.4) is 0 Å². The lowest BCUT2D eigenvalue weighted by Gasteiger charge is -2.22. The first kappa shape index (κ1) is 13.1. The minimum Gasteiger partial charge on any atom is -0.350 e. The normalized spacial score (nSPS) is 18.9. The number of hydrogen-bond acceptors (Lipinski definition) is 3. The molecule has 3 rings (SSSR count). The molecule has 1 heterocycles. The Balaban J connectivity index is 1.72. The third kappa shape index (κ3) is 2.81. The Morgan fingerprint density at radius 1 is 1.15 bits per heavy atom. The fourth-order valence-electron chi connectivity index (χ4n) is 2.40. The zero-order chi connectivity index (χ0) is 13.8. The van der Waals surface area contributed by atoms with Gasteiger partial charge in [0.05, 0.1) is 0 Å². The minimum atomic E-state index is -0.331. The molecule has 1 fully saturated rings. The van der Waals surface area contributed by atoms with Crippen LogP contribution < -0.4 is 5.48 Å². The highest BCUT2D eigenvalue weighted by molar-refractivity contribution is 6.06. The predicted molar refractivity (Wildman–Crippen MR) is 76.1 cm³/mol. The first-order chi connectivity index (χ1) is 9.84. The van der Waals surface area contributed by atoms with Gasteiger partial charge in [-0.05, 0) is 29.7 Å². The quantitative estimate of drug-likeness (QED) is 0.873. The van der Waals surface area contributed by atoms with Gasteiger partial charge in [0.2, 0.25) is 0 Å². The Hall–Kier alpha value is -1.91. The molecule has 1 atom stereocenters. The molecule has 0 unspecified atom stereocenters. The van der Waals surface area contributed by atoms with E-state index in [0.29, 0.717) is 12.2 Å². The van der Waals surface area contributed by atoms with E-state index in [1.54, 1.807) is 6.07 Å². The highest BCUT2D eigenvalue weighted by Crippen LogP contribution is 2.19. The Kier molecular flexibility index (Phi) is 3.95. The Morgan fingerprint density at radius 2 is 2.00 bits per heavy atom. The Morgan fingerprint density at radius 3 is 2.85 bits per heavy atom. The molecule has 0 aliphatic carbocycles. The number of ether oxygens (including phenoxy) is 1. The van der Waals surface area contributed by atoms with Crippen molar-refractivity contribution in [3.05, 3.63) is 48.0 Å². The number of carbonyl (C=O) groups excluding carboxylic acids is 1. The highest BCUT2D eigenvalue weighted by atomic mass is 16.8. The summed E-state index contributed by atoms with van der Waals surface area (Å²) in [6.07, 6.45) is 2.60. The number of hydroxylamine groups is 1. The van der Waals surface area contributed by atoms with Crippen molar-refractivity contribution >= 4 is 16.7 Å². The van der Waals surface area contributed by atoms with E-state index in [1.165, 1.54) is 0 Å². The van der Waals surface area contributed by atoms with E-state index >= 15 is 0 Å². The molecule has 0 saturated carbocycles. The second kappa shape index (κ2) is 6.03. The van der Waals surface area contributed by atoms with Crippen LogP contribution in [0.15, 0.2) is 42.5 Å². The fourth-order valence-corrected chi connectivity index (χ4v) is 2.40. The molecule has 20 heavy (non-hydrogen) atoms. The largest absolute Gasteiger partial charge is 0.350 e. The third-order valence-corrected chi connectivity index (χ3v) is 3.46. The number of fused-ring (bicyclic) bond motifs is 1. The minimum absolute atomic E-state index is 0.240. The summed E-state index contributed by atoms with van der Waals surface area (Å²) in [4.78, 5) is 17.5. The first-order valence-electron chi connectivity index (χ1n) is 6.90. The van der Waals surface area contributed by atoms with Crippen molar-refractivity contribution in [3.63, 3.8) is 0 Å². The molecule has 4 heteroatoms. The van der Waals surface area contributed by atoms with Crippen LogP contribution in [0.4, 0.5) is 0 Å². The topological polar surface area (TPSA) is 47.6 Å². The number of amides is 1. The lowest BCUT2D eigenvalue weighted by atomic mass is 10.0. The van der Waals surface area contributed by atoms with Crippen LogP contribution in [0.2, 0.25) is 0 Å². The summed E-state index contributed by atoms with van der Waals surface area (Å²) in [6, 6.07) is 13.4. The fraction of sp³-hybridized carbons (Fsp3) is 0.312. The second-order valence-corrected chi connectivity index (χ2v) is 4.87. The molecule has 1 amide bonds. The summed E-state index contributed by atoms with van der Waals surface area (Å²) in [5.41, 5.74) is 3.11. The number of rotatable bonds is 3. The number of benzene rings is 2. The summed E-state index contributed by atoms with van der Waals surface area (Å²) in [5.74, 6) is -0.240. The lowest BCUT2D eigenvalue weighted by Crippen LogP contribution is -2.33. The standard InChI is InChI=1S/C16H17NO3/c18-16(17-20-15-10-3-4-11-19-15)14-9-5-7-12-6-1-2-8-13(12)14/h1-2,5-9,15H,3-4,10-11H2,(H,17,18)/t15-/m0/s1. The van der Waals surface area contributed by atoms with Gasteiger partial charge in [0.1, 0.15) is 0 Å². The van der Waals surface area contributed by atoms with Crippen LogP contribution in [0.25, 0.3) is 10.8 Å². The van der Waals surface area contributed by atoms with Crippen molar-refractivity contribution in [3.8, 4) is 0 Å². The summed E-state index contributed by atoms with van der Waals surface area (Å²) in [5, 5.41) is 1.95. The molecule has 0 spiro atoms. The van der Waals surface area contributed by atoms with Gasteiger partial charge in [0.15, 0.2) is 6.29 Å². The number of hydrogen-bond donors (Lipinski definition) is 1. The van der Waals surface area contributed by atoms with E-state index in [0.717, 1.165) is 30.0 Å². The Bertz CT molecular complexity index is 600. The maximum absolute atomic E-state index is 12.2. The van der Waals surface area contributed by atoms with E-state index in [-0.39, 0.29) is 12.2 Å². The van der Waals surface area contributed by atoms with Crippen LogP contribution in [0.1, 0.15) is 29.6 Å². The smallest absolute Gasteiger partial charge is 0.275 e. The zero-order valence-corrected chi connectivity index (χ0v) is 11.2. The molecular formula is C16H17NO3. The molecule has 1 saturated heterocycles. The van der Waals surface area contributed by atoms with E-state index < -0.39 is 0 Å². The molecular weight excluding hydrogens is 254 g/mol. The lowest BCUT2D eigenvalue weighted by molar-refractivity contribution is -0.186. The third-order valence-electron chi connectivity index (χ3n) is 3.46. The summed E-state index contributed by atoms with van der Waals surface area (Å²) in [7, 11) is 0. The zero-order valence-electron chi connectivity index (χ0n) is 11.2. The van der Waals surface area contributed by atoms with Crippen LogP contribution in [-0.4, -0.2) is 18.8 Å². The summed E-state index contributed by atoms with van der Waals surface area (Å²) in [6.45, 7) is 0.689. The molecule has 1 aliphatic rings. The van der Waals surface area contributed by atoms with Crippen LogP contribution >= 0.6 is 0 Å². The van der Waals surface area contributed by atoms with E-state index in [1.807, 2.05) is 36.4 Å². The molecule has 0 radical (unpaired) electrons. The summed E-state index contributed by atoms with van der Waals surface area (Å²) >= 11 is 0. The van der Waals surface area contributed by atoms with Gasteiger partial charge in [0, 0.05) is 18.6 Å². The van der Waals surface area contributed by atoms with Gasteiger partial charge in [0.25, 0.3) is 5.91 Å². The van der Waals surface area contributed by atoms with E-state index in [2.05, 4.69) is 5.48 Å². The van der Waals surface area contributed by atoms with Crippen molar-refractivity contribution in [1.29, 1.82) is 0 Å². The predicted octanol–water partition coefficient (Wildman–Crippen LogP) is 3.03. The maximum atomic E-state index is 12.2. The van der Waals surface area contributed by atoms with Gasteiger partial charge in [-0.2, -0.15) is 0 Å². The SMILES string of the molecule is O=C(NO[C@H]1CCCCO1)c1cccc2ccccc12. The van der Waals surface area contributed by atoms with E-state index in [9.17, 15) is 4.79 Å². The first-order valence-corrected chi connectivity index (χ1v) is 6.90. The van der Waals surface area contributed by atoms with Crippen molar-refractivity contribution in [2.24, 2.45) is 0 Å². The summed E-state index contributed by atoms with van der Waals surface area (Å²) < 4.78 is 5.41. The van der Waals surface area contributed by atoms with Gasteiger partial charge in [-0.1, -0.05) is 36.4 Å². The molecule has 4 nitrogen and oxygen atoms in total. The molecule has 1 N–H and O–H groups in total. The van der Waals surface area contributed by atoms with Crippen molar-refractivity contribution in [2.45, 2.75) is 25.6 Å². The Labute approximate surface area is 117 Å². The van der Waals surface area contributed by atoms with Gasteiger partial charge < -0.3 is 4.74 Å². The molecule has 2 aromatic carbocycles. The number of carbonyl (C=O) groups is 1. The molecule has 2 aromatic rings. The molecule has 1 aliphatic heterocycles. The van der Waals surface area contributed by atoms with E-state index in [4.69, 9.17) is 9.57 Å². The maximum Gasteiger partial charge on any atom is 0.275 e. The van der Waals surface area contributed by atoms with Crippen LogP contribution in [0, 0.1) is 0 Å². The second-order valence-electron chi connectivity index (χ2n) is 4.87. The van der Waals surface area contributed by atoms with Gasteiger partial charge in [-0.15, -0.1) is 0 Å². The van der Waals surface area contributed by atoms with Crippen LogP contribution in [-0.2, 0) is 9.57 Å². The number of nitrogens with one attached hydrogen (secondary N) is 1. The van der Waals surface area contributed by atoms with Gasteiger partial charge in [-0.3, -0.25) is 4.79 Å². The van der Waals surface area contributed by atoms with Crippen molar-refractivity contribution in [2.75, 3.05) is 6.61 Å². The van der Waals surface area contributed by atoms with Crippen molar-refractivity contribution < 1.29 is 14.4 Å². The highest BCUT2D eigenvalue weighted by Gasteiger charge is 2.17. The average molecular weight is 271 g/mol. The average Bonchev–Trinajstić information content (AvgIpc) is 2.53. The van der Waals surface area contributed by atoms with Crippen molar-refractivity contribution in [1.82, 2.24) is 5.48 Å².